The summed E-state index contributed by atoms with van der Waals surface area (Å²) in [7, 11) is 3.28. The molecule has 0 atom stereocenters. The van der Waals surface area contributed by atoms with Crippen LogP contribution in [0.25, 0.3) is 32.9 Å². The summed E-state index contributed by atoms with van der Waals surface area (Å²) in [6, 6.07) is 14.7. The molecule has 2 aromatic carbocycles. The minimum atomic E-state index is 0.471. The van der Waals surface area contributed by atoms with Crippen molar-refractivity contribution < 1.29 is 9.47 Å². The number of hydrogen-bond acceptors (Lipinski definition) is 7. The first-order chi connectivity index (χ1) is 16.7. The first kappa shape index (κ1) is 21.2. The Hall–Kier alpha value is -3.30. The molecule has 7 nitrogen and oxygen atoms in total. The van der Waals surface area contributed by atoms with Gasteiger partial charge in [0.15, 0.2) is 22.5 Å². The van der Waals surface area contributed by atoms with Gasteiger partial charge in [-0.25, -0.2) is 4.98 Å². The molecule has 0 unspecified atom stereocenters. The van der Waals surface area contributed by atoms with Crippen molar-refractivity contribution in [2.75, 3.05) is 14.2 Å². The molecule has 34 heavy (non-hydrogen) atoms. The number of benzene rings is 2. The summed E-state index contributed by atoms with van der Waals surface area (Å²) in [5, 5.41) is 14.4. The third-order valence-corrected chi connectivity index (χ3v) is 7.85. The van der Waals surface area contributed by atoms with Crippen LogP contribution in [0.4, 0.5) is 0 Å². The van der Waals surface area contributed by atoms with Crippen molar-refractivity contribution >= 4 is 34.0 Å². The average molecular weight is 490 g/mol. The van der Waals surface area contributed by atoms with Crippen LogP contribution in [0.5, 0.6) is 11.5 Å². The molecule has 0 radical (unpaired) electrons. The highest BCUT2D eigenvalue weighted by Gasteiger charge is 2.31. The quantitative estimate of drug-likeness (QED) is 0.262. The number of aromatic amines is 1. The third-order valence-electron chi connectivity index (χ3n) is 5.94. The van der Waals surface area contributed by atoms with Crippen molar-refractivity contribution in [3.8, 4) is 33.5 Å². The molecule has 0 spiro atoms. The first-order valence-corrected chi connectivity index (χ1v) is 12.9. The van der Waals surface area contributed by atoms with Gasteiger partial charge in [0.05, 0.1) is 19.9 Å². The van der Waals surface area contributed by atoms with E-state index >= 15 is 0 Å². The van der Waals surface area contributed by atoms with Gasteiger partial charge < -0.3 is 14.5 Å². The van der Waals surface area contributed by atoms with Crippen LogP contribution in [0.2, 0.25) is 0 Å². The molecule has 1 aliphatic rings. The number of H-pyrrole nitrogens is 1. The smallest absolute Gasteiger partial charge is 0.192 e. The molecule has 3 aromatic heterocycles. The highest BCUT2D eigenvalue weighted by atomic mass is 32.2. The van der Waals surface area contributed by atoms with Gasteiger partial charge in [-0.2, -0.15) is 0 Å². The monoisotopic (exact) mass is 489 g/mol. The van der Waals surface area contributed by atoms with E-state index in [4.69, 9.17) is 14.5 Å². The third kappa shape index (κ3) is 3.84. The summed E-state index contributed by atoms with van der Waals surface area (Å²) in [4.78, 5) is 8.21. The van der Waals surface area contributed by atoms with Gasteiger partial charge in [0.1, 0.15) is 5.01 Å². The molecule has 9 heteroatoms. The second kappa shape index (κ2) is 8.81. The Balaban J connectivity index is 1.24. The predicted octanol–water partition coefficient (Wildman–Crippen LogP) is 6.19. The maximum Gasteiger partial charge on any atom is 0.192 e. The van der Waals surface area contributed by atoms with Gasteiger partial charge in [-0.05, 0) is 37.1 Å². The van der Waals surface area contributed by atoms with E-state index in [0.29, 0.717) is 17.5 Å². The van der Waals surface area contributed by atoms with Crippen LogP contribution in [-0.2, 0) is 5.75 Å². The molecule has 1 saturated carbocycles. The van der Waals surface area contributed by atoms with E-state index in [9.17, 15) is 0 Å². The minimum absolute atomic E-state index is 0.471. The molecular formula is C25H23N5O2S2. The van der Waals surface area contributed by atoms with Gasteiger partial charge in [0.25, 0.3) is 0 Å². The molecule has 0 amide bonds. The van der Waals surface area contributed by atoms with Crippen LogP contribution in [0, 0.1) is 0 Å². The predicted molar refractivity (Wildman–Crippen MR) is 136 cm³/mol. The topological polar surface area (TPSA) is 77.9 Å². The van der Waals surface area contributed by atoms with Gasteiger partial charge in [-0.3, -0.25) is 4.57 Å². The Morgan fingerprint density at radius 3 is 2.76 bits per heavy atom. The molecule has 0 aliphatic heterocycles. The number of aromatic nitrogens is 5. The number of fused-ring (bicyclic) bond motifs is 1. The average Bonchev–Trinajstić information content (AvgIpc) is 3.27. The van der Waals surface area contributed by atoms with E-state index in [1.54, 1.807) is 37.3 Å². The van der Waals surface area contributed by atoms with Crippen molar-refractivity contribution in [2.45, 2.75) is 29.8 Å². The fourth-order valence-electron chi connectivity index (χ4n) is 4.09. The molecule has 0 saturated heterocycles. The number of nitrogens with zero attached hydrogens (tertiary/aromatic N) is 4. The molecule has 1 N–H and O–H groups in total. The number of thioether (sulfide) groups is 1. The minimum Gasteiger partial charge on any atom is -0.493 e. The Labute approximate surface area is 205 Å². The van der Waals surface area contributed by atoms with Crippen molar-refractivity contribution in [1.29, 1.82) is 0 Å². The zero-order chi connectivity index (χ0) is 23.1. The lowest BCUT2D eigenvalue weighted by Crippen LogP contribution is -1.99. The summed E-state index contributed by atoms with van der Waals surface area (Å²) < 4.78 is 13.1. The van der Waals surface area contributed by atoms with Crippen LogP contribution in [0.3, 0.4) is 0 Å². The zero-order valence-electron chi connectivity index (χ0n) is 18.8. The van der Waals surface area contributed by atoms with Crippen LogP contribution < -0.4 is 9.47 Å². The van der Waals surface area contributed by atoms with Crippen molar-refractivity contribution in [2.24, 2.45) is 0 Å². The highest BCUT2D eigenvalue weighted by molar-refractivity contribution is 7.98. The Morgan fingerprint density at radius 2 is 1.94 bits per heavy atom. The van der Waals surface area contributed by atoms with Crippen LogP contribution >= 0.6 is 23.1 Å². The highest BCUT2D eigenvalue weighted by Crippen LogP contribution is 2.43. The first-order valence-electron chi connectivity index (χ1n) is 11.1. The summed E-state index contributed by atoms with van der Waals surface area (Å²) in [5.41, 5.74) is 4.26. The van der Waals surface area contributed by atoms with E-state index < -0.39 is 0 Å². The number of hydrogen-bond donors (Lipinski definition) is 1. The number of rotatable bonds is 8. The molecule has 3 heterocycles. The van der Waals surface area contributed by atoms with Gasteiger partial charge >= 0.3 is 0 Å². The molecule has 0 bridgehead atoms. The van der Waals surface area contributed by atoms with Gasteiger partial charge in [0, 0.05) is 45.4 Å². The largest absolute Gasteiger partial charge is 0.493 e. The van der Waals surface area contributed by atoms with E-state index in [0.717, 1.165) is 44.1 Å². The van der Waals surface area contributed by atoms with Crippen molar-refractivity contribution in [3.05, 3.63) is 59.7 Å². The van der Waals surface area contributed by atoms with E-state index in [2.05, 4.69) is 43.3 Å². The molecule has 5 aromatic rings. The summed E-state index contributed by atoms with van der Waals surface area (Å²) in [5.74, 6) is 3.09. The molecule has 172 valence electrons. The summed E-state index contributed by atoms with van der Waals surface area (Å²) in [6.45, 7) is 0. The Morgan fingerprint density at radius 1 is 1.09 bits per heavy atom. The zero-order valence-corrected chi connectivity index (χ0v) is 20.4. The van der Waals surface area contributed by atoms with Gasteiger partial charge in [0.2, 0.25) is 0 Å². The fraction of sp³-hybridized carbons (Fsp3) is 0.240. The standard InChI is InChI=1S/C25H23N5O2S2/c1-31-21-10-7-15(11-22(21)32-2)24-27-16(13-33-24)14-34-25-29-28-23(30(25)17-8-9-17)19-12-26-20-6-4-3-5-18(19)20/h3-7,10-13,17,26H,8-9,14H2,1-2H3. The maximum atomic E-state index is 5.44. The lowest BCUT2D eigenvalue weighted by Gasteiger charge is -2.08. The van der Waals surface area contributed by atoms with Gasteiger partial charge in [-0.1, -0.05) is 30.0 Å². The Kier molecular flexibility index (Phi) is 5.50. The van der Waals surface area contributed by atoms with E-state index in [-0.39, 0.29) is 0 Å². The van der Waals surface area contributed by atoms with Crippen molar-refractivity contribution in [3.63, 3.8) is 0 Å². The van der Waals surface area contributed by atoms with Crippen molar-refractivity contribution in [1.82, 2.24) is 24.7 Å². The normalized spacial score (nSPS) is 13.5. The van der Waals surface area contributed by atoms with Crippen LogP contribution in [0.1, 0.15) is 24.6 Å². The van der Waals surface area contributed by atoms with Crippen LogP contribution in [-0.4, -0.2) is 39.0 Å². The molecule has 1 fully saturated rings. The lowest BCUT2D eigenvalue weighted by molar-refractivity contribution is 0.355. The summed E-state index contributed by atoms with van der Waals surface area (Å²) in [6.07, 6.45) is 4.38. The van der Waals surface area contributed by atoms with E-state index in [1.165, 1.54) is 18.2 Å². The van der Waals surface area contributed by atoms with E-state index in [1.807, 2.05) is 30.5 Å². The number of ether oxygens (including phenoxy) is 2. The SMILES string of the molecule is COc1ccc(-c2nc(CSc3nnc(-c4c[nH]c5ccccc45)n3C3CC3)cs2)cc1OC. The van der Waals surface area contributed by atoms with Crippen LogP contribution in [0.15, 0.2) is 59.2 Å². The number of thiazole rings is 1. The second-order valence-corrected chi connectivity index (χ2v) is 9.96. The summed E-state index contributed by atoms with van der Waals surface area (Å²) >= 11 is 3.32. The molecular weight excluding hydrogens is 466 g/mol. The maximum absolute atomic E-state index is 5.44. The molecule has 6 rings (SSSR count). The fourth-order valence-corrected chi connectivity index (χ4v) is 5.91. The number of methoxy groups -OCH3 is 2. The number of nitrogens with one attached hydrogen (secondary N) is 1. The molecule has 1 aliphatic carbocycles. The number of para-hydroxylation sites is 1. The van der Waals surface area contributed by atoms with Gasteiger partial charge in [-0.15, -0.1) is 21.5 Å². The second-order valence-electron chi connectivity index (χ2n) is 8.16. The Bertz CT molecular complexity index is 1470. The lowest BCUT2D eigenvalue weighted by atomic mass is 10.1.